The molecule has 32 heteroatoms. The van der Waals surface area contributed by atoms with Gasteiger partial charge in [-0.05, 0) is 45.4 Å². The van der Waals surface area contributed by atoms with Crippen LogP contribution in [0.5, 0.6) is 0 Å². The van der Waals surface area contributed by atoms with Crippen molar-refractivity contribution in [3.63, 3.8) is 0 Å². The smallest absolute Gasteiger partial charge is 0.315 e. The van der Waals surface area contributed by atoms with Crippen molar-refractivity contribution in [1.82, 2.24) is 42.5 Å². The molecular formula is C58H110N10O19S3. The lowest BCUT2D eigenvalue weighted by molar-refractivity contribution is -0.126. The van der Waals surface area contributed by atoms with E-state index in [0.29, 0.717) is 196 Å². The first-order valence-corrected chi connectivity index (χ1v) is 34.1. The van der Waals surface area contributed by atoms with Crippen molar-refractivity contribution < 1.29 is 90.4 Å². The summed E-state index contributed by atoms with van der Waals surface area (Å²) in [6.45, 7) is 12.9. The van der Waals surface area contributed by atoms with Crippen LogP contribution in [0.3, 0.4) is 0 Å². The highest BCUT2D eigenvalue weighted by molar-refractivity contribution is 8.00. The summed E-state index contributed by atoms with van der Waals surface area (Å²) in [7, 11) is 0. The van der Waals surface area contributed by atoms with E-state index in [1.807, 2.05) is 18.7 Å². The largest absolute Gasteiger partial charge is 0.377 e. The van der Waals surface area contributed by atoms with Crippen LogP contribution in [0.15, 0.2) is 0 Å². The molecule has 0 aromatic rings. The molecular weight excluding hydrogens is 1240 g/mol. The fourth-order valence-corrected chi connectivity index (χ4v) is 10.5. The van der Waals surface area contributed by atoms with Crippen molar-refractivity contribution in [3.05, 3.63) is 0 Å². The molecule has 0 bridgehead atoms. The van der Waals surface area contributed by atoms with Gasteiger partial charge in [-0.15, -0.1) is 0 Å². The summed E-state index contributed by atoms with van der Waals surface area (Å²) >= 11 is 9.86. The highest BCUT2D eigenvalue weighted by Gasteiger charge is 2.42. The summed E-state index contributed by atoms with van der Waals surface area (Å²) < 4.78 is 66.1. The number of amides is 8. The second-order valence-electron chi connectivity index (χ2n) is 21.3. The number of nitrogens with two attached hydrogens (primary N) is 2. The zero-order valence-electron chi connectivity index (χ0n) is 53.2. The minimum absolute atomic E-state index is 0.0108. The third-order valence-electron chi connectivity index (χ3n) is 13.7. The van der Waals surface area contributed by atoms with Gasteiger partial charge < -0.3 is 111 Å². The van der Waals surface area contributed by atoms with Gasteiger partial charge in [0.2, 0.25) is 35.4 Å². The molecule has 0 unspecified atom stereocenters. The predicted octanol–water partition coefficient (Wildman–Crippen LogP) is -0.998. The summed E-state index contributed by atoms with van der Waals surface area (Å²) in [5.74, 6) is 0.372. The highest BCUT2D eigenvalue weighted by Crippen LogP contribution is 2.33. The molecule has 2 aliphatic rings. The fourth-order valence-electron chi connectivity index (χ4n) is 8.63. The van der Waals surface area contributed by atoms with Gasteiger partial charge in [-0.1, -0.05) is 12.8 Å². The van der Waals surface area contributed by atoms with Crippen molar-refractivity contribution in [2.45, 2.75) is 119 Å². The number of unbranched alkanes of at least 4 members (excludes halogenated alkanes) is 3. The van der Waals surface area contributed by atoms with E-state index < -0.39 is 17.6 Å². The SMILES string of the molecule is CC(CCC(=O)NCCOCCOCCOCCOCCOCCOCCNC(=O)[C@@H](N)CS)(CCC(=O)NCCOCCOCCOCCOCCOCCOCCNC(=O)[C@@H](N)CS)NC(=O)CCCCCNC(=O)CCCC[C@@H]1SC[C@@H]2NC(=O)N[C@@H]21. The fraction of sp³-hybridized carbons (Fsp3) is 0.879. The third-order valence-corrected chi connectivity index (χ3v) is 16.0. The summed E-state index contributed by atoms with van der Waals surface area (Å²) in [4.78, 5) is 86.5. The Morgan fingerprint density at radius 1 is 0.456 bits per heavy atom. The number of ether oxygens (including phenoxy) is 12. The van der Waals surface area contributed by atoms with E-state index in [-0.39, 0.29) is 111 Å². The minimum atomic E-state index is -0.843. The van der Waals surface area contributed by atoms with Gasteiger partial charge in [-0.2, -0.15) is 37.0 Å². The maximum Gasteiger partial charge on any atom is 0.315 e. The Hall–Kier alpha value is -3.42. The van der Waals surface area contributed by atoms with Crippen molar-refractivity contribution in [2.24, 2.45) is 11.5 Å². The van der Waals surface area contributed by atoms with Crippen LogP contribution in [0.4, 0.5) is 4.79 Å². The third kappa shape index (κ3) is 46.6. The molecule has 90 heavy (non-hydrogen) atoms. The lowest BCUT2D eigenvalue weighted by atomic mass is 9.89. The molecule has 0 radical (unpaired) electrons. The first kappa shape index (κ1) is 82.7. The number of nitrogens with one attached hydrogen (secondary N) is 8. The molecule has 2 saturated heterocycles. The zero-order chi connectivity index (χ0) is 65.4. The Kier molecular flexibility index (Phi) is 52.4. The number of urea groups is 1. The van der Waals surface area contributed by atoms with Gasteiger partial charge >= 0.3 is 6.03 Å². The Labute approximate surface area is 548 Å². The molecule has 0 spiro atoms. The number of fused-ring (bicyclic) bond motifs is 1. The molecule has 524 valence electrons. The lowest BCUT2D eigenvalue weighted by Crippen LogP contribution is -2.47. The monoisotopic (exact) mass is 1350 g/mol. The summed E-state index contributed by atoms with van der Waals surface area (Å²) in [5.41, 5.74) is 10.3. The van der Waals surface area contributed by atoms with E-state index in [4.69, 9.17) is 68.3 Å². The molecule has 2 fully saturated rings. The Morgan fingerprint density at radius 2 is 0.789 bits per heavy atom. The van der Waals surface area contributed by atoms with Crippen molar-refractivity contribution in [3.8, 4) is 0 Å². The molecule has 12 N–H and O–H groups in total. The van der Waals surface area contributed by atoms with Crippen LogP contribution in [0.1, 0.15) is 84.0 Å². The van der Waals surface area contributed by atoms with Crippen molar-refractivity contribution in [1.29, 1.82) is 0 Å². The number of carbonyl (C=O) groups is 7. The molecule has 0 aromatic heterocycles. The van der Waals surface area contributed by atoms with Crippen molar-refractivity contribution in [2.75, 3.05) is 209 Å². The quantitative estimate of drug-likeness (QED) is 0.0197. The molecule has 0 saturated carbocycles. The molecule has 2 heterocycles. The average Bonchev–Trinajstić information content (AvgIpc) is 1.90. The molecule has 2 rings (SSSR count). The predicted molar refractivity (Wildman–Crippen MR) is 346 cm³/mol. The molecule has 8 amide bonds. The second-order valence-corrected chi connectivity index (χ2v) is 23.3. The van der Waals surface area contributed by atoms with Gasteiger partial charge in [0.1, 0.15) is 0 Å². The van der Waals surface area contributed by atoms with Gasteiger partial charge in [0, 0.05) is 86.5 Å². The summed E-state index contributed by atoms with van der Waals surface area (Å²) in [6, 6.07) is -1.00. The van der Waals surface area contributed by atoms with Gasteiger partial charge in [-0.3, -0.25) is 28.8 Å². The van der Waals surface area contributed by atoms with Crippen LogP contribution < -0.4 is 54.0 Å². The number of carbonyl (C=O) groups excluding carboxylic acids is 7. The van der Waals surface area contributed by atoms with Gasteiger partial charge in [0.05, 0.1) is 183 Å². The normalized spacial score (nSPS) is 16.0. The molecule has 2 aliphatic heterocycles. The van der Waals surface area contributed by atoms with E-state index >= 15 is 0 Å². The molecule has 0 aromatic carbocycles. The van der Waals surface area contributed by atoms with E-state index in [0.717, 1.165) is 37.9 Å². The van der Waals surface area contributed by atoms with Crippen LogP contribution in [-0.2, 0) is 85.6 Å². The van der Waals surface area contributed by atoms with E-state index in [1.54, 1.807) is 0 Å². The summed E-state index contributed by atoms with van der Waals surface area (Å²) in [5, 5.41) is 23.5. The second kappa shape index (κ2) is 57.1. The molecule has 0 aliphatic carbocycles. The van der Waals surface area contributed by atoms with Gasteiger partial charge in [0.15, 0.2) is 0 Å². The Bertz CT molecular complexity index is 1810. The first-order valence-electron chi connectivity index (χ1n) is 31.8. The topological polar surface area (TPSA) is 379 Å². The Balaban J connectivity index is 1.55. The zero-order valence-corrected chi connectivity index (χ0v) is 55.8. The number of rotatable bonds is 64. The molecule has 29 nitrogen and oxygen atoms in total. The van der Waals surface area contributed by atoms with Crippen LogP contribution >= 0.6 is 37.0 Å². The van der Waals surface area contributed by atoms with Crippen LogP contribution in [0.25, 0.3) is 0 Å². The van der Waals surface area contributed by atoms with Crippen LogP contribution in [0, 0.1) is 0 Å². The Morgan fingerprint density at radius 3 is 1.18 bits per heavy atom. The average molecular weight is 1350 g/mol. The lowest BCUT2D eigenvalue weighted by Gasteiger charge is -2.31. The maximum atomic E-state index is 13.3. The van der Waals surface area contributed by atoms with Gasteiger partial charge in [0.25, 0.3) is 0 Å². The van der Waals surface area contributed by atoms with E-state index in [9.17, 15) is 33.6 Å². The van der Waals surface area contributed by atoms with E-state index in [2.05, 4.69) is 67.8 Å². The van der Waals surface area contributed by atoms with Crippen LogP contribution in [0.2, 0.25) is 0 Å². The number of hydrogen-bond acceptors (Lipinski definition) is 24. The molecule has 5 atom stereocenters. The van der Waals surface area contributed by atoms with Crippen LogP contribution in [-0.4, -0.2) is 285 Å². The maximum absolute atomic E-state index is 13.3. The number of thiol groups is 2. The number of hydrogen-bond donors (Lipinski definition) is 12. The highest BCUT2D eigenvalue weighted by atomic mass is 32.2. The summed E-state index contributed by atoms with van der Waals surface area (Å²) in [6.07, 6.45) is 6.31. The van der Waals surface area contributed by atoms with E-state index in [1.165, 1.54) is 0 Å². The van der Waals surface area contributed by atoms with Gasteiger partial charge in [-0.25, -0.2) is 4.79 Å². The van der Waals surface area contributed by atoms with Crippen molar-refractivity contribution >= 4 is 78.5 Å². The minimum Gasteiger partial charge on any atom is -0.377 e. The first-order chi connectivity index (χ1) is 43.8. The number of thioether (sulfide) groups is 1. The standard InChI is InChI=1S/C58H110N10O19S3/c1-58(68-53(72)9-3-2-6-14-61-50(69)8-5-4-7-49-54-48(45-90-49)66-57(75)67-54,12-10-51(70)62-15-19-76-23-27-80-31-35-84-39-41-86-37-33-82-29-25-78-21-17-64-55(73)46(59)43-88)13-11-52(71)63-16-20-77-24-28-81-32-36-85-40-42-87-38-34-83-30-26-79-22-18-65-56(74)47(60)44-89/h46-49,54,88-89H,2-45,59-60H2,1H3,(H,61,69)(H,62,70)(H,63,71)(H,64,73)(H,65,74)(H,68,72)(H2,66,67,75)/t46-,47-,48-,49-,54-/m0/s1.